The molecule has 0 aromatic heterocycles. The Kier molecular flexibility index (Phi) is 3.64. The fourth-order valence-corrected chi connectivity index (χ4v) is 2.50. The second-order valence-electron chi connectivity index (χ2n) is 4.90. The summed E-state index contributed by atoms with van der Waals surface area (Å²) in [5.74, 6) is -1.39. The highest BCUT2D eigenvalue weighted by Crippen LogP contribution is 2.46. The maximum Gasteiger partial charge on any atom is 0.308 e. The van der Waals surface area contributed by atoms with Gasteiger partial charge in [0.15, 0.2) is 0 Å². The van der Waals surface area contributed by atoms with Crippen LogP contribution < -0.4 is 0 Å². The summed E-state index contributed by atoms with van der Waals surface area (Å²) in [5, 5.41) is 0. The van der Waals surface area contributed by atoms with Crippen molar-refractivity contribution < 1.29 is 18.3 Å². The highest BCUT2D eigenvalue weighted by Gasteiger charge is 2.44. The van der Waals surface area contributed by atoms with Gasteiger partial charge in [0.1, 0.15) is 11.6 Å². The lowest BCUT2D eigenvalue weighted by Crippen LogP contribution is -2.07. The van der Waals surface area contributed by atoms with Crippen molar-refractivity contribution in [2.75, 3.05) is 7.11 Å². The Hall–Kier alpha value is -1.45. The van der Waals surface area contributed by atoms with Crippen molar-refractivity contribution in [3.8, 4) is 0 Å². The zero-order valence-corrected chi connectivity index (χ0v) is 10.5. The summed E-state index contributed by atoms with van der Waals surface area (Å²) in [7, 11) is 1.36. The van der Waals surface area contributed by atoms with E-state index in [1.807, 2.05) is 0 Å². The van der Waals surface area contributed by atoms with Crippen molar-refractivity contribution in [3.05, 3.63) is 35.4 Å². The Labute approximate surface area is 105 Å². The summed E-state index contributed by atoms with van der Waals surface area (Å²) in [6.07, 6.45) is 1.37. The largest absolute Gasteiger partial charge is 0.469 e. The second kappa shape index (κ2) is 5.04. The molecule has 98 valence electrons. The van der Waals surface area contributed by atoms with Crippen LogP contribution in [-0.2, 0) is 9.53 Å². The van der Waals surface area contributed by atoms with Gasteiger partial charge in [0.2, 0.25) is 0 Å². The van der Waals surface area contributed by atoms with Gasteiger partial charge in [-0.15, -0.1) is 0 Å². The van der Waals surface area contributed by atoms with Crippen LogP contribution in [0.2, 0.25) is 0 Å². The number of benzene rings is 1. The highest BCUT2D eigenvalue weighted by atomic mass is 19.1. The Balaban J connectivity index is 2.01. The lowest BCUT2D eigenvalue weighted by molar-refractivity contribution is -0.142. The third-order valence-electron chi connectivity index (χ3n) is 3.58. The van der Waals surface area contributed by atoms with Crippen LogP contribution in [0.3, 0.4) is 0 Å². The van der Waals surface area contributed by atoms with Gasteiger partial charge >= 0.3 is 5.97 Å². The molecule has 0 amide bonds. The molecule has 0 bridgehead atoms. The van der Waals surface area contributed by atoms with Crippen LogP contribution in [0.1, 0.15) is 31.2 Å². The predicted molar refractivity (Wildman–Crippen MR) is 63.0 cm³/mol. The minimum Gasteiger partial charge on any atom is -0.469 e. The molecule has 1 aliphatic carbocycles. The molecular formula is C14H16F2O2. The van der Waals surface area contributed by atoms with Gasteiger partial charge in [0, 0.05) is 5.56 Å². The van der Waals surface area contributed by atoms with Gasteiger partial charge in [-0.3, -0.25) is 4.79 Å². The first-order valence-electron chi connectivity index (χ1n) is 6.06. The van der Waals surface area contributed by atoms with E-state index in [-0.39, 0.29) is 29.3 Å². The molecule has 3 unspecified atom stereocenters. The van der Waals surface area contributed by atoms with Crippen molar-refractivity contribution in [1.29, 1.82) is 0 Å². The second-order valence-corrected chi connectivity index (χ2v) is 4.90. The molecule has 1 aromatic rings. The zero-order chi connectivity index (χ0) is 13.3. The first-order valence-corrected chi connectivity index (χ1v) is 6.06. The average Bonchev–Trinajstić information content (AvgIpc) is 3.07. The molecule has 1 fully saturated rings. The minimum absolute atomic E-state index is 0.0905. The Morgan fingerprint density at radius 2 is 2.06 bits per heavy atom. The monoisotopic (exact) mass is 254 g/mol. The minimum atomic E-state index is -0.516. The zero-order valence-electron chi connectivity index (χ0n) is 10.5. The number of esters is 1. The molecule has 1 saturated carbocycles. The van der Waals surface area contributed by atoms with Crippen LogP contribution in [0.15, 0.2) is 18.2 Å². The van der Waals surface area contributed by atoms with E-state index in [1.54, 1.807) is 6.92 Å². The summed E-state index contributed by atoms with van der Waals surface area (Å²) >= 11 is 0. The lowest BCUT2D eigenvalue weighted by atomic mass is 9.94. The molecule has 0 aliphatic heterocycles. The molecule has 2 rings (SSSR count). The SMILES string of the molecule is COC(=O)C1CC1CC(C)c1c(F)cccc1F. The van der Waals surface area contributed by atoms with E-state index in [1.165, 1.54) is 25.3 Å². The summed E-state index contributed by atoms with van der Waals surface area (Å²) < 4.78 is 31.8. The number of methoxy groups -OCH3 is 1. The number of ether oxygens (including phenoxy) is 1. The van der Waals surface area contributed by atoms with E-state index in [0.29, 0.717) is 6.42 Å². The third kappa shape index (κ3) is 2.52. The molecule has 3 atom stereocenters. The number of hydrogen-bond donors (Lipinski definition) is 0. The van der Waals surface area contributed by atoms with E-state index in [2.05, 4.69) is 4.74 Å². The Morgan fingerprint density at radius 3 is 2.61 bits per heavy atom. The molecule has 1 aromatic carbocycles. The molecule has 0 heterocycles. The number of carbonyl (C=O) groups excluding carboxylic acids is 1. The first-order chi connectivity index (χ1) is 8.54. The average molecular weight is 254 g/mol. The van der Waals surface area contributed by atoms with E-state index in [0.717, 1.165) is 6.42 Å². The quantitative estimate of drug-likeness (QED) is 0.771. The molecule has 4 heteroatoms. The van der Waals surface area contributed by atoms with Crippen molar-refractivity contribution in [3.63, 3.8) is 0 Å². The van der Waals surface area contributed by atoms with Crippen molar-refractivity contribution in [2.24, 2.45) is 11.8 Å². The fraction of sp³-hybridized carbons (Fsp3) is 0.500. The van der Waals surface area contributed by atoms with Gasteiger partial charge in [-0.05, 0) is 36.8 Å². The van der Waals surface area contributed by atoms with Gasteiger partial charge < -0.3 is 4.74 Å². The molecule has 0 radical (unpaired) electrons. The summed E-state index contributed by atoms with van der Waals surface area (Å²) in [6, 6.07) is 3.88. The molecule has 0 spiro atoms. The molecule has 2 nitrogen and oxygen atoms in total. The maximum absolute atomic E-state index is 13.6. The molecular weight excluding hydrogens is 238 g/mol. The van der Waals surface area contributed by atoms with Gasteiger partial charge in [-0.2, -0.15) is 0 Å². The van der Waals surface area contributed by atoms with Crippen LogP contribution in [0.25, 0.3) is 0 Å². The van der Waals surface area contributed by atoms with Gasteiger partial charge in [-0.1, -0.05) is 13.0 Å². The standard InChI is InChI=1S/C14H16F2O2/c1-8(6-9-7-10(9)14(17)18-2)13-11(15)4-3-5-12(13)16/h3-5,8-10H,6-7H2,1-2H3. The lowest BCUT2D eigenvalue weighted by Gasteiger charge is -2.13. The number of rotatable bonds is 4. The van der Waals surface area contributed by atoms with Gasteiger partial charge in [0.25, 0.3) is 0 Å². The van der Waals surface area contributed by atoms with Crippen molar-refractivity contribution >= 4 is 5.97 Å². The normalized spacial score (nSPS) is 23.6. The first kappa shape index (κ1) is 13.0. The van der Waals surface area contributed by atoms with Crippen LogP contribution >= 0.6 is 0 Å². The number of carbonyl (C=O) groups is 1. The topological polar surface area (TPSA) is 26.3 Å². The third-order valence-corrected chi connectivity index (χ3v) is 3.58. The van der Waals surface area contributed by atoms with Crippen molar-refractivity contribution in [1.82, 2.24) is 0 Å². The van der Waals surface area contributed by atoms with Crippen LogP contribution in [0, 0.1) is 23.5 Å². The van der Waals surface area contributed by atoms with E-state index >= 15 is 0 Å². The fourth-order valence-electron chi connectivity index (χ4n) is 2.50. The predicted octanol–water partition coefficient (Wildman–Crippen LogP) is 3.27. The smallest absolute Gasteiger partial charge is 0.308 e. The van der Waals surface area contributed by atoms with Gasteiger partial charge in [-0.25, -0.2) is 8.78 Å². The Morgan fingerprint density at radius 1 is 1.44 bits per heavy atom. The number of halogens is 2. The van der Waals surface area contributed by atoms with Crippen LogP contribution in [0.4, 0.5) is 8.78 Å². The highest BCUT2D eigenvalue weighted by molar-refractivity contribution is 5.75. The van der Waals surface area contributed by atoms with Crippen LogP contribution in [-0.4, -0.2) is 13.1 Å². The summed E-state index contributed by atoms with van der Waals surface area (Å²) in [6.45, 7) is 1.79. The summed E-state index contributed by atoms with van der Waals surface area (Å²) in [4.78, 5) is 11.3. The van der Waals surface area contributed by atoms with E-state index in [9.17, 15) is 13.6 Å². The maximum atomic E-state index is 13.6. The van der Waals surface area contributed by atoms with Gasteiger partial charge in [0.05, 0.1) is 13.0 Å². The number of hydrogen-bond acceptors (Lipinski definition) is 2. The van der Waals surface area contributed by atoms with Crippen molar-refractivity contribution in [2.45, 2.75) is 25.7 Å². The molecule has 0 N–H and O–H groups in total. The van der Waals surface area contributed by atoms with Crippen LogP contribution in [0.5, 0.6) is 0 Å². The summed E-state index contributed by atoms with van der Waals surface area (Å²) in [5.41, 5.74) is 0.119. The molecule has 18 heavy (non-hydrogen) atoms. The van der Waals surface area contributed by atoms with E-state index in [4.69, 9.17) is 0 Å². The molecule has 0 saturated heterocycles. The Bertz CT molecular complexity index is 439. The van der Waals surface area contributed by atoms with E-state index < -0.39 is 11.6 Å². The molecule has 1 aliphatic rings.